The van der Waals surface area contributed by atoms with E-state index in [1.165, 1.54) is 19.3 Å². The third-order valence-electron chi connectivity index (χ3n) is 3.27. The minimum Gasteiger partial charge on any atom is -0.329 e. The number of nitrogens with one attached hydrogen (secondary N) is 1. The van der Waals surface area contributed by atoms with Crippen molar-refractivity contribution in [2.24, 2.45) is 5.73 Å². The molecule has 0 spiro atoms. The number of nitrogens with two attached hydrogens (primary N) is 1. The van der Waals surface area contributed by atoms with Crippen LogP contribution in [0.4, 0.5) is 0 Å². The Bertz CT molecular complexity index is 306. The summed E-state index contributed by atoms with van der Waals surface area (Å²) in [6.07, 6.45) is 4.72. The summed E-state index contributed by atoms with van der Waals surface area (Å²) in [5, 5.41) is 0. The van der Waals surface area contributed by atoms with Crippen LogP contribution in [0.1, 0.15) is 32.6 Å². The molecule has 0 aromatic rings. The van der Waals surface area contributed by atoms with Gasteiger partial charge in [-0.15, -0.1) is 0 Å². The Labute approximate surface area is 105 Å². The van der Waals surface area contributed by atoms with Crippen LogP contribution in [0.25, 0.3) is 0 Å². The van der Waals surface area contributed by atoms with Crippen molar-refractivity contribution in [2.75, 3.05) is 31.9 Å². The maximum absolute atomic E-state index is 11.3. The van der Waals surface area contributed by atoms with E-state index in [1.807, 2.05) is 0 Å². The van der Waals surface area contributed by atoms with Crippen molar-refractivity contribution in [3.63, 3.8) is 0 Å². The van der Waals surface area contributed by atoms with Crippen molar-refractivity contribution in [1.82, 2.24) is 9.62 Å². The van der Waals surface area contributed by atoms with Gasteiger partial charge in [0, 0.05) is 19.1 Å². The number of rotatable bonds is 7. The zero-order chi connectivity index (χ0) is 12.7. The van der Waals surface area contributed by atoms with Gasteiger partial charge in [-0.3, -0.25) is 0 Å². The Kier molecular flexibility index (Phi) is 6.40. The molecule has 102 valence electrons. The van der Waals surface area contributed by atoms with Crippen LogP contribution in [0.15, 0.2) is 0 Å². The fraction of sp³-hybridized carbons (Fsp3) is 1.00. The molecular formula is C11H25N3O2S. The van der Waals surface area contributed by atoms with Gasteiger partial charge < -0.3 is 10.6 Å². The average Bonchev–Trinajstić information content (AvgIpc) is 2.26. The van der Waals surface area contributed by atoms with Crippen LogP contribution < -0.4 is 10.5 Å². The summed E-state index contributed by atoms with van der Waals surface area (Å²) in [4.78, 5) is 2.45. The van der Waals surface area contributed by atoms with E-state index in [0.717, 1.165) is 19.5 Å². The molecule has 1 rings (SSSR count). The van der Waals surface area contributed by atoms with Gasteiger partial charge in [0.25, 0.3) is 0 Å². The first-order valence-electron chi connectivity index (χ1n) is 6.46. The lowest BCUT2D eigenvalue weighted by molar-refractivity contribution is 0.159. The van der Waals surface area contributed by atoms with E-state index >= 15 is 0 Å². The zero-order valence-corrected chi connectivity index (χ0v) is 11.5. The molecule has 5 nitrogen and oxygen atoms in total. The highest BCUT2D eigenvalue weighted by atomic mass is 32.2. The lowest BCUT2D eigenvalue weighted by Crippen LogP contribution is -2.39. The Balaban J connectivity index is 2.15. The highest BCUT2D eigenvalue weighted by molar-refractivity contribution is 7.89. The molecule has 0 radical (unpaired) electrons. The normalized spacial score (nSPS) is 22.8. The van der Waals surface area contributed by atoms with E-state index in [-0.39, 0.29) is 12.3 Å². The topological polar surface area (TPSA) is 75.4 Å². The van der Waals surface area contributed by atoms with Gasteiger partial charge in [-0.1, -0.05) is 6.42 Å². The molecule has 1 saturated heterocycles. The summed E-state index contributed by atoms with van der Waals surface area (Å²) in [6, 6.07) is 0.643. The summed E-state index contributed by atoms with van der Waals surface area (Å²) >= 11 is 0. The van der Waals surface area contributed by atoms with Gasteiger partial charge in [0.15, 0.2) is 0 Å². The van der Waals surface area contributed by atoms with Gasteiger partial charge in [0.05, 0.1) is 5.75 Å². The van der Waals surface area contributed by atoms with E-state index in [4.69, 9.17) is 5.73 Å². The molecule has 17 heavy (non-hydrogen) atoms. The zero-order valence-electron chi connectivity index (χ0n) is 10.7. The second-order valence-corrected chi connectivity index (χ2v) is 6.66. The third kappa shape index (κ3) is 5.81. The third-order valence-corrected chi connectivity index (χ3v) is 4.69. The van der Waals surface area contributed by atoms with Gasteiger partial charge >= 0.3 is 0 Å². The standard InChI is InChI=1S/C11H25N3O2S/c1-11-5-2-3-8-14(11)9-4-7-13-17(15,16)10-6-12/h11,13H,2-10,12H2,1H3. The van der Waals surface area contributed by atoms with E-state index < -0.39 is 10.0 Å². The van der Waals surface area contributed by atoms with Crippen molar-refractivity contribution >= 4 is 10.0 Å². The van der Waals surface area contributed by atoms with Crippen LogP contribution in [-0.2, 0) is 10.0 Å². The molecule has 0 aromatic carbocycles. The molecule has 1 aliphatic rings. The highest BCUT2D eigenvalue weighted by Gasteiger charge is 2.17. The molecule has 0 saturated carbocycles. The first-order valence-corrected chi connectivity index (χ1v) is 8.12. The number of hydrogen-bond acceptors (Lipinski definition) is 4. The number of likely N-dealkylation sites (tertiary alicyclic amines) is 1. The second kappa shape index (κ2) is 7.31. The van der Waals surface area contributed by atoms with Gasteiger partial charge in [0.1, 0.15) is 0 Å². The SMILES string of the molecule is CC1CCCCN1CCCNS(=O)(=O)CCN. The van der Waals surface area contributed by atoms with Crippen LogP contribution in [0.3, 0.4) is 0 Å². The van der Waals surface area contributed by atoms with Crippen LogP contribution in [0.2, 0.25) is 0 Å². The summed E-state index contributed by atoms with van der Waals surface area (Å²) in [7, 11) is -3.14. The number of hydrogen-bond donors (Lipinski definition) is 2. The Morgan fingerprint density at radius 1 is 1.41 bits per heavy atom. The predicted octanol–water partition coefficient (Wildman–Crippen LogP) is 0.129. The Morgan fingerprint density at radius 3 is 2.82 bits per heavy atom. The molecule has 1 aliphatic heterocycles. The summed E-state index contributed by atoms with van der Waals surface area (Å²) < 4.78 is 25.3. The number of nitrogens with zero attached hydrogens (tertiary/aromatic N) is 1. The summed E-state index contributed by atoms with van der Waals surface area (Å²) in [5.41, 5.74) is 5.23. The molecule has 3 N–H and O–H groups in total. The van der Waals surface area contributed by atoms with Crippen molar-refractivity contribution in [2.45, 2.75) is 38.6 Å². The molecule has 0 amide bonds. The van der Waals surface area contributed by atoms with Gasteiger partial charge in [-0.05, 0) is 39.3 Å². The minimum absolute atomic E-state index is 0.0209. The molecular weight excluding hydrogens is 238 g/mol. The molecule has 0 bridgehead atoms. The van der Waals surface area contributed by atoms with E-state index in [2.05, 4.69) is 16.5 Å². The smallest absolute Gasteiger partial charge is 0.212 e. The maximum Gasteiger partial charge on any atom is 0.212 e. The number of sulfonamides is 1. The van der Waals surface area contributed by atoms with Crippen LogP contribution >= 0.6 is 0 Å². The van der Waals surface area contributed by atoms with Crippen molar-refractivity contribution in [3.8, 4) is 0 Å². The fourth-order valence-corrected chi connectivity index (χ4v) is 3.14. The van der Waals surface area contributed by atoms with Gasteiger partial charge in [-0.2, -0.15) is 0 Å². The van der Waals surface area contributed by atoms with Gasteiger partial charge in [0.2, 0.25) is 10.0 Å². The molecule has 0 aromatic heterocycles. The van der Waals surface area contributed by atoms with E-state index in [9.17, 15) is 8.42 Å². The fourth-order valence-electron chi connectivity index (χ4n) is 2.23. The first-order chi connectivity index (χ1) is 8.05. The van der Waals surface area contributed by atoms with Crippen molar-refractivity contribution in [1.29, 1.82) is 0 Å². The van der Waals surface area contributed by atoms with Crippen molar-refractivity contribution in [3.05, 3.63) is 0 Å². The maximum atomic E-state index is 11.3. The van der Waals surface area contributed by atoms with E-state index in [1.54, 1.807) is 0 Å². The van der Waals surface area contributed by atoms with Crippen molar-refractivity contribution < 1.29 is 8.42 Å². The molecule has 1 fully saturated rings. The number of piperidine rings is 1. The molecule has 1 unspecified atom stereocenters. The van der Waals surface area contributed by atoms with Crippen LogP contribution in [0, 0.1) is 0 Å². The highest BCUT2D eigenvalue weighted by Crippen LogP contribution is 2.15. The Morgan fingerprint density at radius 2 is 2.18 bits per heavy atom. The van der Waals surface area contributed by atoms with Crippen LogP contribution in [-0.4, -0.2) is 51.3 Å². The Hall–Kier alpha value is -0.170. The largest absolute Gasteiger partial charge is 0.329 e. The quantitative estimate of drug-likeness (QED) is 0.640. The molecule has 1 heterocycles. The van der Waals surface area contributed by atoms with Gasteiger partial charge in [-0.25, -0.2) is 13.1 Å². The monoisotopic (exact) mass is 263 g/mol. The summed E-state index contributed by atoms with van der Waals surface area (Å²) in [5.74, 6) is 0.0209. The van der Waals surface area contributed by atoms with Crippen LogP contribution in [0.5, 0.6) is 0 Å². The lowest BCUT2D eigenvalue weighted by atomic mass is 10.0. The van der Waals surface area contributed by atoms with E-state index in [0.29, 0.717) is 12.6 Å². The summed E-state index contributed by atoms with van der Waals surface area (Å²) in [6.45, 7) is 5.07. The molecule has 1 atom stereocenters. The minimum atomic E-state index is -3.14. The average molecular weight is 263 g/mol. The second-order valence-electron chi connectivity index (χ2n) is 4.74. The molecule has 0 aliphatic carbocycles. The lowest BCUT2D eigenvalue weighted by Gasteiger charge is -2.33. The molecule has 6 heteroatoms. The first kappa shape index (κ1) is 14.9. The predicted molar refractivity (Wildman–Crippen MR) is 70.3 cm³/mol.